The Balaban J connectivity index is 1.75. The van der Waals surface area contributed by atoms with E-state index in [1.165, 1.54) is 38.6 Å². The van der Waals surface area contributed by atoms with Crippen LogP contribution in [0.15, 0.2) is 102 Å². The van der Waals surface area contributed by atoms with Gasteiger partial charge < -0.3 is 9.55 Å². The maximum Gasteiger partial charge on any atom is 0.0542 e. The Kier molecular flexibility index (Phi) is 3.65. The highest BCUT2D eigenvalue weighted by molar-refractivity contribution is 9.10. The third-order valence-corrected chi connectivity index (χ3v) is 6.06. The van der Waals surface area contributed by atoms with Crippen LogP contribution in [0.4, 0.5) is 0 Å². The summed E-state index contributed by atoms with van der Waals surface area (Å²) in [5, 5.41) is 3.70. The van der Waals surface area contributed by atoms with Gasteiger partial charge in [-0.1, -0.05) is 64.5 Å². The fourth-order valence-corrected chi connectivity index (χ4v) is 4.61. The number of H-pyrrole nitrogens is 1. The predicted molar refractivity (Wildman–Crippen MR) is 126 cm³/mol. The van der Waals surface area contributed by atoms with Gasteiger partial charge >= 0.3 is 0 Å². The van der Waals surface area contributed by atoms with E-state index in [1.54, 1.807) is 0 Å². The molecule has 0 unspecified atom stereocenters. The van der Waals surface area contributed by atoms with Crippen molar-refractivity contribution < 1.29 is 0 Å². The van der Waals surface area contributed by atoms with Crippen molar-refractivity contribution in [2.75, 3.05) is 0 Å². The number of hydrogen-bond acceptors (Lipinski definition) is 0. The monoisotopic (exact) mass is 436 g/mol. The van der Waals surface area contributed by atoms with E-state index < -0.39 is 0 Å². The minimum atomic E-state index is 1.09. The summed E-state index contributed by atoms with van der Waals surface area (Å²) in [6.45, 7) is 0. The fraction of sp³-hybridized carbons (Fsp3) is 0. The number of fused-ring (bicyclic) bond motifs is 4. The van der Waals surface area contributed by atoms with Gasteiger partial charge in [0.15, 0.2) is 0 Å². The molecule has 6 rings (SSSR count). The average molecular weight is 437 g/mol. The van der Waals surface area contributed by atoms with E-state index in [2.05, 4.69) is 123 Å². The molecule has 3 heteroatoms. The molecule has 6 aromatic rings. The van der Waals surface area contributed by atoms with Crippen LogP contribution in [0, 0.1) is 0 Å². The molecule has 1 N–H and O–H groups in total. The minimum Gasteiger partial charge on any atom is -0.354 e. The van der Waals surface area contributed by atoms with Crippen molar-refractivity contribution in [1.29, 1.82) is 0 Å². The SMILES string of the molecule is Brc1ccc2[nH]c3cc4cc(-c5ccccc5)n(-c5ccccc5)c4cc3c2c1. The molecule has 2 nitrogen and oxygen atoms in total. The van der Waals surface area contributed by atoms with Gasteiger partial charge in [0.25, 0.3) is 0 Å². The molecule has 138 valence electrons. The standard InChI is InChI=1S/C26H17BrN2/c27-19-11-12-23-21(15-19)22-16-26-18(13-24(22)28-23)14-25(17-7-3-1-4-8-17)29(26)20-9-5-2-6-10-20/h1-16,28H. The van der Waals surface area contributed by atoms with Crippen LogP contribution >= 0.6 is 15.9 Å². The smallest absolute Gasteiger partial charge is 0.0542 e. The highest BCUT2D eigenvalue weighted by atomic mass is 79.9. The number of aromatic nitrogens is 2. The van der Waals surface area contributed by atoms with Crippen molar-refractivity contribution >= 4 is 48.6 Å². The Bertz CT molecular complexity index is 1490. The molecule has 0 bridgehead atoms. The average Bonchev–Trinajstić information content (AvgIpc) is 3.31. The van der Waals surface area contributed by atoms with Gasteiger partial charge in [-0.2, -0.15) is 0 Å². The van der Waals surface area contributed by atoms with Gasteiger partial charge in [0.2, 0.25) is 0 Å². The molecule has 0 aliphatic heterocycles. The maximum absolute atomic E-state index is 3.62. The van der Waals surface area contributed by atoms with Gasteiger partial charge in [-0.3, -0.25) is 0 Å². The Morgan fingerprint density at radius 1 is 0.655 bits per heavy atom. The predicted octanol–water partition coefficient (Wildman–Crippen LogP) is 7.69. The highest BCUT2D eigenvalue weighted by Crippen LogP contribution is 2.36. The van der Waals surface area contributed by atoms with E-state index in [-0.39, 0.29) is 0 Å². The molecule has 2 heterocycles. The Morgan fingerprint density at radius 3 is 2.17 bits per heavy atom. The van der Waals surface area contributed by atoms with Gasteiger partial charge in [-0.15, -0.1) is 0 Å². The van der Waals surface area contributed by atoms with E-state index >= 15 is 0 Å². The number of aromatic amines is 1. The Hall–Kier alpha value is -3.30. The molecule has 29 heavy (non-hydrogen) atoms. The summed E-state index contributed by atoms with van der Waals surface area (Å²) in [4.78, 5) is 3.58. The minimum absolute atomic E-state index is 1.09. The lowest BCUT2D eigenvalue weighted by Gasteiger charge is -2.11. The summed E-state index contributed by atoms with van der Waals surface area (Å²) in [5.41, 5.74) is 7.11. The van der Waals surface area contributed by atoms with E-state index in [4.69, 9.17) is 0 Å². The van der Waals surface area contributed by atoms with Gasteiger partial charge in [0.05, 0.1) is 11.2 Å². The lowest BCUT2D eigenvalue weighted by molar-refractivity contribution is 1.14. The lowest BCUT2D eigenvalue weighted by Crippen LogP contribution is -1.96. The molecular weight excluding hydrogens is 420 g/mol. The molecule has 0 saturated carbocycles. The summed E-state index contributed by atoms with van der Waals surface area (Å²) in [6.07, 6.45) is 0. The second-order valence-corrected chi connectivity index (χ2v) is 8.25. The summed E-state index contributed by atoms with van der Waals surface area (Å²) in [6, 6.07) is 34.5. The van der Waals surface area contributed by atoms with E-state index in [0.717, 1.165) is 15.5 Å². The topological polar surface area (TPSA) is 20.7 Å². The molecule has 0 amide bonds. The molecule has 0 aliphatic carbocycles. The second-order valence-electron chi connectivity index (χ2n) is 7.34. The number of halogens is 1. The summed E-state index contributed by atoms with van der Waals surface area (Å²) >= 11 is 3.62. The first-order valence-corrected chi connectivity index (χ1v) is 10.4. The molecule has 2 aromatic heterocycles. The third kappa shape index (κ3) is 2.62. The third-order valence-electron chi connectivity index (χ3n) is 5.57. The van der Waals surface area contributed by atoms with Crippen LogP contribution in [-0.4, -0.2) is 9.55 Å². The number of benzene rings is 4. The number of nitrogens with one attached hydrogen (secondary N) is 1. The van der Waals surface area contributed by atoms with Crippen LogP contribution in [0.3, 0.4) is 0 Å². The molecule has 0 fully saturated rings. The summed E-state index contributed by atoms with van der Waals surface area (Å²) < 4.78 is 3.45. The summed E-state index contributed by atoms with van der Waals surface area (Å²) in [7, 11) is 0. The molecule has 0 saturated heterocycles. The molecular formula is C26H17BrN2. The number of para-hydroxylation sites is 1. The zero-order valence-corrected chi connectivity index (χ0v) is 17.1. The second kappa shape index (κ2) is 6.36. The number of hydrogen-bond donors (Lipinski definition) is 1. The molecule has 0 spiro atoms. The van der Waals surface area contributed by atoms with Gasteiger partial charge in [-0.05, 0) is 54.1 Å². The first-order valence-electron chi connectivity index (χ1n) is 9.65. The zero-order valence-electron chi connectivity index (χ0n) is 15.6. The van der Waals surface area contributed by atoms with Crippen molar-refractivity contribution in [2.45, 2.75) is 0 Å². The van der Waals surface area contributed by atoms with Gasteiger partial charge in [-0.25, -0.2) is 0 Å². The highest BCUT2D eigenvalue weighted by Gasteiger charge is 2.15. The fourth-order valence-electron chi connectivity index (χ4n) is 4.25. The van der Waals surface area contributed by atoms with Crippen LogP contribution in [-0.2, 0) is 0 Å². The van der Waals surface area contributed by atoms with E-state index in [1.807, 2.05) is 0 Å². The first-order chi connectivity index (χ1) is 14.3. The summed E-state index contributed by atoms with van der Waals surface area (Å²) in [5.74, 6) is 0. The quantitative estimate of drug-likeness (QED) is 0.287. The van der Waals surface area contributed by atoms with Crippen molar-refractivity contribution in [3.05, 3.63) is 102 Å². The van der Waals surface area contributed by atoms with E-state index in [0.29, 0.717) is 0 Å². The van der Waals surface area contributed by atoms with Crippen molar-refractivity contribution in [3.63, 3.8) is 0 Å². The Labute approximate surface area is 176 Å². The van der Waals surface area contributed by atoms with Crippen LogP contribution < -0.4 is 0 Å². The van der Waals surface area contributed by atoms with Crippen molar-refractivity contribution in [3.8, 4) is 16.9 Å². The molecule has 0 aliphatic rings. The van der Waals surface area contributed by atoms with Gasteiger partial charge in [0.1, 0.15) is 0 Å². The molecule has 0 radical (unpaired) electrons. The van der Waals surface area contributed by atoms with Crippen molar-refractivity contribution in [2.24, 2.45) is 0 Å². The van der Waals surface area contributed by atoms with Crippen LogP contribution in [0.2, 0.25) is 0 Å². The lowest BCUT2D eigenvalue weighted by atomic mass is 10.1. The van der Waals surface area contributed by atoms with Crippen LogP contribution in [0.25, 0.3) is 49.7 Å². The largest absolute Gasteiger partial charge is 0.354 e. The normalized spacial score (nSPS) is 11.6. The first kappa shape index (κ1) is 16.6. The number of nitrogens with zero attached hydrogens (tertiary/aromatic N) is 1. The molecule has 0 atom stereocenters. The van der Waals surface area contributed by atoms with Crippen LogP contribution in [0.5, 0.6) is 0 Å². The van der Waals surface area contributed by atoms with Crippen molar-refractivity contribution in [1.82, 2.24) is 9.55 Å². The van der Waals surface area contributed by atoms with E-state index in [9.17, 15) is 0 Å². The van der Waals surface area contributed by atoms with Crippen LogP contribution in [0.1, 0.15) is 0 Å². The Morgan fingerprint density at radius 2 is 1.38 bits per heavy atom. The van der Waals surface area contributed by atoms with Gasteiger partial charge in [0, 0.05) is 37.4 Å². The molecule has 4 aromatic carbocycles. The maximum atomic E-state index is 3.62. The zero-order chi connectivity index (χ0) is 19.4. The number of rotatable bonds is 2.